The van der Waals surface area contributed by atoms with Crippen molar-refractivity contribution in [3.8, 4) is 0 Å². The van der Waals surface area contributed by atoms with Crippen LogP contribution in [0.4, 0.5) is 10.8 Å². The molecule has 23 heavy (non-hydrogen) atoms. The molecule has 0 saturated heterocycles. The summed E-state index contributed by atoms with van der Waals surface area (Å²) < 4.78 is 2.76. The van der Waals surface area contributed by atoms with E-state index in [1.165, 1.54) is 11.3 Å². The van der Waals surface area contributed by atoms with E-state index < -0.39 is 0 Å². The van der Waals surface area contributed by atoms with Crippen molar-refractivity contribution in [1.82, 2.24) is 30.4 Å². The normalized spacial score (nSPS) is 10.8. The van der Waals surface area contributed by atoms with E-state index in [4.69, 9.17) is 0 Å². The van der Waals surface area contributed by atoms with Crippen molar-refractivity contribution in [3.63, 3.8) is 0 Å². The molecular weight excluding hydrogens is 330 g/mol. The Labute approximate surface area is 142 Å². The lowest BCUT2D eigenvalue weighted by atomic mass is 10.3. The van der Waals surface area contributed by atoms with Gasteiger partial charge in [-0.3, -0.25) is 0 Å². The van der Waals surface area contributed by atoms with Crippen LogP contribution in [0, 0.1) is 0 Å². The van der Waals surface area contributed by atoms with Crippen LogP contribution in [0.3, 0.4) is 0 Å². The highest BCUT2D eigenvalue weighted by Gasteiger charge is 2.10. The monoisotopic (exact) mass is 347 g/mol. The maximum absolute atomic E-state index is 4.19. The van der Waals surface area contributed by atoms with Gasteiger partial charge in [-0.15, -0.1) is 15.3 Å². The summed E-state index contributed by atoms with van der Waals surface area (Å²) >= 11 is 3.12. The number of hydrogen-bond donors (Lipinski definition) is 1. The molecule has 2 aromatic heterocycles. The van der Waals surface area contributed by atoms with Gasteiger partial charge in [-0.05, 0) is 29.0 Å². The molecule has 120 valence electrons. The average molecular weight is 347 g/mol. The van der Waals surface area contributed by atoms with Gasteiger partial charge in [0.25, 0.3) is 0 Å². The summed E-state index contributed by atoms with van der Waals surface area (Å²) in [7, 11) is 0. The van der Waals surface area contributed by atoms with E-state index in [0.717, 1.165) is 40.4 Å². The van der Waals surface area contributed by atoms with Crippen molar-refractivity contribution in [2.45, 2.75) is 36.4 Å². The second-order valence-corrected chi connectivity index (χ2v) is 7.02. The third kappa shape index (κ3) is 4.49. The smallest absolute Gasteiger partial charge is 0.210 e. The fourth-order valence-corrected chi connectivity index (χ4v) is 3.60. The summed E-state index contributed by atoms with van der Waals surface area (Å²) in [5, 5.41) is 24.2. The molecule has 3 aromatic rings. The van der Waals surface area contributed by atoms with Crippen LogP contribution in [0.2, 0.25) is 0 Å². The van der Waals surface area contributed by atoms with Crippen LogP contribution in [-0.2, 0) is 12.3 Å². The van der Waals surface area contributed by atoms with Gasteiger partial charge in [-0.1, -0.05) is 54.6 Å². The largest absolute Gasteiger partial charge is 0.330 e. The molecule has 0 atom stereocenters. The molecule has 0 spiro atoms. The number of benzene rings is 1. The molecule has 0 unspecified atom stereocenters. The Morgan fingerprint density at radius 1 is 1.17 bits per heavy atom. The van der Waals surface area contributed by atoms with Gasteiger partial charge in [0, 0.05) is 12.2 Å². The molecule has 0 fully saturated rings. The predicted molar refractivity (Wildman–Crippen MR) is 91.9 cm³/mol. The molecule has 0 aliphatic carbocycles. The van der Waals surface area contributed by atoms with Crippen molar-refractivity contribution in [1.29, 1.82) is 0 Å². The molecule has 0 radical (unpaired) electrons. The Hall–Kier alpha value is -2.00. The third-order valence-electron chi connectivity index (χ3n) is 3.09. The lowest BCUT2D eigenvalue weighted by Crippen LogP contribution is -2.04. The maximum Gasteiger partial charge on any atom is 0.210 e. The van der Waals surface area contributed by atoms with E-state index in [1.807, 2.05) is 35.0 Å². The van der Waals surface area contributed by atoms with Gasteiger partial charge in [0.2, 0.25) is 5.13 Å². The summed E-state index contributed by atoms with van der Waals surface area (Å²) in [4.78, 5) is 0. The molecular formula is C14H17N7S2. The van der Waals surface area contributed by atoms with E-state index in [0.29, 0.717) is 5.75 Å². The Bertz CT molecular complexity index is 726. The first kappa shape index (κ1) is 15.9. The number of aryl methyl sites for hydroxylation is 1. The van der Waals surface area contributed by atoms with E-state index >= 15 is 0 Å². The van der Waals surface area contributed by atoms with Crippen LogP contribution >= 0.6 is 23.1 Å². The number of aromatic nitrogens is 6. The molecule has 0 aliphatic rings. The van der Waals surface area contributed by atoms with Gasteiger partial charge >= 0.3 is 0 Å². The van der Waals surface area contributed by atoms with Gasteiger partial charge in [0.1, 0.15) is 0 Å². The first-order valence-electron chi connectivity index (χ1n) is 7.38. The molecule has 1 N–H and O–H groups in total. The lowest BCUT2D eigenvalue weighted by Gasteiger charge is -2.01. The predicted octanol–water partition coefficient (Wildman–Crippen LogP) is 3.36. The van der Waals surface area contributed by atoms with Crippen LogP contribution in [0.25, 0.3) is 0 Å². The zero-order valence-corrected chi connectivity index (χ0v) is 14.3. The topological polar surface area (TPSA) is 81.4 Å². The van der Waals surface area contributed by atoms with Crippen molar-refractivity contribution in [2.24, 2.45) is 0 Å². The van der Waals surface area contributed by atoms with Crippen LogP contribution in [0.5, 0.6) is 0 Å². The molecule has 1 aromatic carbocycles. The number of tetrazole rings is 1. The summed E-state index contributed by atoms with van der Waals surface area (Å²) in [5.74, 6) is 1.56. The first-order chi connectivity index (χ1) is 11.3. The molecule has 0 aliphatic heterocycles. The molecule has 7 nitrogen and oxygen atoms in total. The zero-order valence-electron chi connectivity index (χ0n) is 12.7. The number of thioether (sulfide) groups is 1. The highest BCUT2D eigenvalue weighted by molar-refractivity contribution is 8.00. The van der Waals surface area contributed by atoms with E-state index in [-0.39, 0.29) is 0 Å². The fourth-order valence-electron chi connectivity index (χ4n) is 1.90. The van der Waals surface area contributed by atoms with Gasteiger partial charge in [0.05, 0.1) is 5.75 Å². The van der Waals surface area contributed by atoms with Gasteiger partial charge in [-0.2, -0.15) is 0 Å². The third-order valence-corrected chi connectivity index (χ3v) is 5.05. The zero-order chi connectivity index (χ0) is 15.9. The standard InChI is InChI=1S/C14H17N7S2/c1-2-3-9-21-12(16-19-20-21)10-22-14-18-17-13(23-14)15-11-7-5-4-6-8-11/h4-8H,2-3,9-10H2,1H3,(H,15,17). The Morgan fingerprint density at radius 3 is 2.87 bits per heavy atom. The molecule has 0 amide bonds. The molecule has 0 saturated carbocycles. The molecule has 2 heterocycles. The van der Waals surface area contributed by atoms with Crippen LogP contribution < -0.4 is 5.32 Å². The fraction of sp³-hybridized carbons (Fsp3) is 0.357. The van der Waals surface area contributed by atoms with E-state index in [9.17, 15) is 0 Å². The summed E-state index contributed by atoms with van der Waals surface area (Å²) in [5.41, 5.74) is 1.00. The minimum Gasteiger partial charge on any atom is -0.330 e. The minimum atomic E-state index is 0.691. The van der Waals surface area contributed by atoms with E-state index in [1.54, 1.807) is 11.8 Å². The number of rotatable bonds is 8. The van der Waals surface area contributed by atoms with Crippen molar-refractivity contribution >= 4 is 33.9 Å². The van der Waals surface area contributed by atoms with Crippen molar-refractivity contribution in [3.05, 3.63) is 36.2 Å². The summed E-state index contributed by atoms with van der Waals surface area (Å²) in [6.07, 6.45) is 2.20. The number of nitrogens with zero attached hydrogens (tertiary/aromatic N) is 6. The van der Waals surface area contributed by atoms with Crippen LogP contribution in [0.15, 0.2) is 34.7 Å². The second-order valence-electron chi connectivity index (χ2n) is 4.82. The average Bonchev–Trinajstić information content (AvgIpc) is 3.21. The highest BCUT2D eigenvalue weighted by Crippen LogP contribution is 2.29. The summed E-state index contributed by atoms with van der Waals surface area (Å²) in [6.45, 7) is 3.01. The maximum atomic E-state index is 4.19. The Balaban J connectivity index is 1.56. The first-order valence-corrected chi connectivity index (χ1v) is 9.19. The molecule has 0 bridgehead atoms. The number of hydrogen-bond acceptors (Lipinski definition) is 8. The minimum absolute atomic E-state index is 0.691. The quantitative estimate of drug-likeness (QED) is 0.626. The van der Waals surface area contributed by atoms with Crippen LogP contribution in [-0.4, -0.2) is 30.4 Å². The van der Waals surface area contributed by atoms with Gasteiger partial charge in [0.15, 0.2) is 10.2 Å². The highest BCUT2D eigenvalue weighted by atomic mass is 32.2. The summed E-state index contributed by atoms with van der Waals surface area (Å²) in [6, 6.07) is 9.94. The lowest BCUT2D eigenvalue weighted by molar-refractivity contribution is 0.540. The van der Waals surface area contributed by atoms with Crippen molar-refractivity contribution in [2.75, 3.05) is 5.32 Å². The van der Waals surface area contributed by atoms with Gasteiger partial charge < -0.3 is 5.32 Å². The number of unbranched alkanes of at least 4 members (excludes halogenated alkanes) is 1. The van der Waals surface area contributed by atoms with E-state index in [2.05, 4.69) is 38.0 Å². The SMILES string of the molecule is CCCCn1nnnc1CSc1nnc(Nc2ccccc2)s1. The number of anilines is 2. The molecule has 3 rings (SSSR count). The van der Waals surface area contributed by atoms with Gasteiger partial charge in [-0.25, -0.2) is 4.68 Å². The Morgan fingerprint density at radius 2 is 2.04 bits per heavy atom. The molecule has 9 heteroatoms. The Kier molecular flexibility index (Phi) is 5.54. The van der Waals surface area contributed by atoms with Crippen molar-refractivity contribution < 1.29 is 0 Å². The number of para-hydroxylation sites is 1. The van der Waals surface area contributed by atoms with Crippen LogP contribution in [0.1, 0.15) is 25.6 Å². The second kappa shape index (κ2) is 8.02. The number of nitrogens with one attached hydrogen (secondary N) is 1.